The summed E-state index contributed by atoms with van der Waals surface area (Å²) in [6.45, 7) is -1.39. The Morgan fingerprint density at radius 1 is 1.22 bits per heavy atom. The lowest BCUT2D eigenvalue weighted by Gasteiger charge is -2.10. The van der Waals surface area contributed by atoms with Gasteiger partial charge in [-0.1, -0.05) is 0 Å². The smallest absolute Gasteiger partial charge is 0.270 e. The standard InChI is InChI=1S/C5H10F2O2/c6-5(7,4-9)2-1-3-8/h8-9H,1-4H2. The van der Waals surface area contributed by atoms with Crippen molar-refractivity contribution in [1.82, 2.24) is 0 Å². The van der Waals surface area contributed by atoms with Crippen LogP contribution in [0.2, 0.25) is 0 Å². The van der Waals surface area contributed by atoms with Crippen LogP contribution in [-0.4, -0.2) is 29.3 Å². The van der Waals surface area contributed by atoms with Crippen LogP contribution in [0.3, 0.4) is 0 Å². The molecule has 0 saturated carbocycles. The normalized spacial score (nSPS) is 12.0. The third kappa shape index (κ3) is 4.29. The summed E-state index contributed by atoms with van der Waals surface area (Å²) in [6, 6.07) is 0. The third-order valence-electron chi connectivity index (χ3n) is 0.932. The predicted octanol–water partition coefficient (Wildman–Crippen LogP) is 0.387. The first-order valence-corrected chi connectivity index (χ1v) is 2.72. The fourth-order valence-corrected chi connectivity index (χ4v) is 0.417. The van der Waals surface area contributed by atoms with Crippen molar-refractivity contribution in [2.45, 2.75) is 18.8 Å². The summed E-state index contributed by atoms with van der Waals surface area (Å²) in [5, 5.41) is 16.1. The van der Waals surface area contributed by atoms with Crippen LogP contribution in [0.4, 0.5) is 8.78 Å². The first-order chi connectivity index (χ1) is 4.12. The van der Waals surface area contributed by atoms with Gasteiger partial charge in [0.05, 0.1) is 0 Å². The molecule has 0 aliphatic heterocycles. The maximum Gasteiger partial charge on any atom is 0.270 e. The highest BCUT2D eigenvalue weighted by Crippen LogP contribution is 2.18. The molecule has 0 radical (unpaired) electrons. The average Bonchev–Trinajstić information content (AvgIpc) is 1.84. The zero-order chi connectivity index (χ0) is 7.33. The van der Waals surface area contributed by atoms with Crippen molar-refractivity contribution >= 4 is 0 Å². The van der Waals surface area contributed by atoms with E-state index < -0.39 is 19.0 Å². The van der Waals surface area contributed by atoms with Crippen molar-refractivity contribution in [2.75, 3.05) is 13.2 Å². The predicted molar refractivity (Wildman–Crippen MR) is 28.4 cm³/mol. The van der Waals surface area contributed by atoms with Crippen LogP contribution in [0, 0.1) is 0 Å². The number of hydrogen-bond donors (Lipinski definition) is 2. The van der Waals surface area contributed by atoms with Crippen LogP contribution in [0.15, 0.2) is 0 Å². The highest BCUT2D eigenvalue weighted by molar-refractivity contribution is 4.62. The van der Waals surface area contributed by atoms with Gasteiger partial charge in [0.15, 0.2) is 0 Å². The van der Waals surface area contributed by atoms with E-state index in [0.29, 0.717) is 0 Å². The summed E-state index contributed by atoms with van der Waals surface area (Å²) in [7, 11) is 0. The molecule has 0 aromatic carbocycles. The topological polar surface area (TPSA) is 40.5 Å². The Morgan fingerprint density at radius 3 is 2.11 bits per heavy atom. The van der Waals surface area contributed by atoms with E-state index in [9.17, 15) is 8.78 Å². The van der Waals surface area contributed by atoms with Crippen molar-refractivity contribution in [2.24, 2.45) is 0 Å². The van der Waals surface area contributed by atoms with Gasteiger partial charge in [-0.2, -0.15) is 0 Å². The van der Waals surface area contributed by atoms with Gasteiger partial charge in [0.2, 0.25) is 0 Å². The molecule has 0 amide bonds. The van der Waals surface area contributed by atoms with E-state index in [1.807, 2.05) is 0 Å². The number of rotatable bonds is 4. The van der Waals surface area contributed by atoms with Crippen LogP contribution in [-0.2, 0) is 0 Å². The highest BCUT2D eigenvalue weighted by atomic mass is 19.3. The van der Waals surface area contributed by atoms with Crippen molar-refractivity contribution in [3.8, 4) is 0 Å². The van der Waals surface area contributed by atoms with Gasteiger partial charge in [0.1, 0.15) is 6.61 Å². The minimum atomic E-state index is -3.01. The molecule has 4 heteroatoms. The first kappa shape index (κ1) is 8.78. The molecule has 0 heterocycles. The van der Waals surface area contributed by atoms with E-state index in [1.54, 1.807) is 0 Å². The summed E-state index contributed by atoms with van der Waals surface area (Å²) in [5.41, 5.74) is 0. The second-order valence-corrected chi connectivity index (χ2v) is 1.84. The Balaban J connectivity index is 3.33. The molecule has 0 spiro atoms. The van der Waals surface area contributed by atoms with Crippen molar-refractivity contribution in [3.05, 3.63) is 0 Å². The Morgan fingerprint density at radius 2 is 1.78 bits per heavy atom. The largest absolute Gasteiger partial charge is 0.396 e. The van der Waals surface area contributed by atoms with Crippen molar-refractivity contribution in [1.29, 1.82) is 0 Å². The highest BCUT2D eigenvalue weighted by Gasteiger charge is 2.26. The van der Waals surface area contributed by atoms with E-state index in [1.165, 1.54) is 0 Å². The Kier molecular flexibility index (Phi) is 3.65. The third-order valence-corrected chi connectivity index (χ3v) is 0.932. The molecule has 0 aliphatic carbocycles. The van der Waals surface area contributed by atoms with E-state index in [0.717, 1.165) is 0 Å². The Hall–Kier alpha value is -0.220. The average molecular weight is 140 g/mol. The number of alkyl halides is 2. The number of aliphatic hydroxyl groups is 2. The summed E-state index contributed by atoms with van der Waals surface area (Å²) < 4.78 is 24.0. The number of hydrogen-bond acceptors (Lipinski definition) is 2. The molecular weight excluding hydrogens is 130 g/mol. The molecule has 0 rings (SSSR count). The van der Waals surface area contributed by atoms with Gasteiger partial charge in [-0.15, -0.1) is 0 Å². The molecule has 9 heavy (non-hydrogen) atoms. The van der Waals surface area contributed by atoms with Gasteiger partial charge in [0.25, 0.3) is 5.92 Å². The summed E-state index contributed by atoms with van der Waals surface area (Å²) >= 11 is 0. The summed E-state index contributed by atoms with van der Waals surface area (Å²) in [5.74, 6) is -3.01. The molecule has 2 N–H and O–H groups in total. The monoisotopic (exact) mass is 140 g/mol. The van der Waals surface area contributed by atoms with Gasteiger partial charge in [-0.05, 0) is 6.42 Å². The Bertz CT molecular complexity index is 75.4. The molecule has 0 aliphatic rings. The lowest BCUT2D eigenvalue weighted by atomic mass is 10.2. The van der Waals surface area contributed by atoms with Crippen LogP contribution in [0.25, 0.3) is 0 Å². The molecule has 0 aromatic rings. The van der Waals surface area contributed by atoms with Gasteiger partial charge in [0, 0.05) is 13.0 Å². The molecule has 56 valence electrons. The molecule has 2 nitrogen and oxygen atoms in total. The molecule has 0 unspecified atom stereocenters. The zero-order valence-electron chi connectivity index (χ0n) is 4.98. The fraction of sp³-hybridized carbons (Fsp3) is 1.00. The SMILES string of the molecule is OCCCC(F)(F)CO. The number of aliphatic hydroxyl groups excluding tert-OH is 2. The van der Waals surface area contributed by atoms with E-state index >= 15 is 0 Å². The van der Waals surface area contributed by atoms with Crippen LogP contribution in [0.5, 0.6) is 0 Å². The van der Waals surface area contributed by atoms with E-state index in [4.69, 9.17) is 10.2 Å². The summed E-state index contributed by atoms with van der Waals surface area (Å²) in [6.07, 6.45) is -0.409. The summed E-state index contributed by atoms with van der Waals surface area (Å²) in [4.78, 5) is 0. The molecule has 0 saturated heterocycles. The molecule has 0 fully saturated rings. The number of halogens is 2. The molecule has 0 bridgehead atoms. The maximum absolute atomic E-state index is 12.0. The lowest BCUT2D eigenvalue weighted by molar-refractivity contribution is -0.0597. The van der Waals surface area contributed by atoms with Crippen LogP contribution in [0.1, 0.15) is 12.8 Å². The molecule has 0 atom stereocenters. The lowest BCUT2D eigenvalue weighted by Crippen LogP contribution is -2.21. The molecule has 0 aromatic heterocycles. The second kappa shape index (κ2) is 3.74. The first-order valence-electron chi connectivity index (χ1n) is 2.72. The van der Waals surface area contributed by atoms with Gasteiger partial charge in [-0.25, -0.2) is 8.78 Å². The van der Waals surface area contributed by atoms with Gasteiger partial charge >= 0.3 is 0 Å². The van der Waals surface area contributed by atoms with Gasteiger partial charge < -0.3 is 10.2 Å². The maximum atomic E-state index is 12.0. The van der Waals surface area contributed by atoms with Crippen molar-refractivity contribution < 1.29 is 19.0 Å². The zero-order valence-corrected chi connectivity index (χ0v) is 4.98. The molecular formula is C5H10F2O2. The van der Waals surface area contributed by atoms with E-state index in [-0.39, 0.29) is 13.0 Å². The van der Waals surface area contributed by atoms with Crippen molar-refractivity contribution in [3.63, 3.8) is 0 Å². The second-order valence-electron chi connectivity index (χ2n) is 1.84. The van der Waals surface area contributed by atoms with Crippen LogP contribution < -0.4 is 0 Å². The van der Waals surface area contributed by atoms with Gasteiger partial charge in [-0.3, -0.25) is 0 Å². The Labute approximate surface area is 52.1 Å². The van der Waals surface area contributed by atoms with E-state index in [2.05, 4.69) is 0 Å². The quantitative estimate of drug-likeness (QED) is 0.592. The minimum absolute atomic E-state index is 0.0353. The fourth-order valence-electron chi connectivity index (χ4n) is 0.417. The van der Waals surface area contributed by atoms with Crippen LogP contribution >= 0.6 is 0 Å². The minimum Gasteiger partial charge on any atom is -0.396 e.